The second kappa shape index (κ2) is 4.72. The van der Waals surface area contributed by atoms with Crippen LogP contribution in [0.3, 0.4) is 0 Å². The van der Waals surface area contributed by atoms with Crippen LogP contribution in [-0.2, 0) is 6.54 Å². The van der Waals surface area contributed by atoms with Crippen LogP contribution in [0.15, 0.2) is 24.4 Å². The Kier molecular flexibility index (Phi) is 3.29. The van der Waals surface area contributed by atoms with E-state index in [4.69, 9.17) is 0 Å². The highest BCUT2D eigenvalue weighted by molar-refractivity contribution is 5.43. The van der Waals surface area contributed by atoms with E-state index in [2.05, 4.69) is 49.4 Å². The Morgan fingerprint density at radius 2 is 2.00 bits per heavy atom. The highest BCUT2D eigenvalue weighted by atomic mass is 15.3. The molecule has 1 aromatic carbocycles. The average molecular weight is 229 g/mol. The summed E-state index contributed by atoms with van der Waals surface area (Å²) >= 11 is 0. The fourth-order valence-electron chi connectivity index (χ4n) is 2.09. The first kappa shape index (κ1) is 11.9. The van der Waals surface area contributed by atoms with E-state index in [1.165, 1.54) is 22.4 Å². The molecule has 1 N–H and O–H groups in total. The van der Waals surface area contributed by atoms with Gasteiger partial charge in [0.2, 0.25) is 0 Å². The van der Waals surface area contributed by atoms with Gasteiger partial charge in [-0.3, -0.25) is 0 Å². The number of hydrogen-bond donors (Lipinski definition) is 1. The van der Waals surface area contributed by atoms with Crippen LogP contribution in [0.4, 0.5) is 0 Å². The molecule has 0 aliphatic heterocycles. The van der Waals surface area contributed by atoms with Gasteiger partial charge in [-0.2, -0.15) is 5.10 Å². The molecule has 0 aliphatic carbocycles. The second-order valence-electron chi connectivity index (χ2n) is 4.49. The Bertz CT molecular complexity index is 526. The molecule has 1 heterocycles. The smallest absolute Gasteiger partial charge is 0.0678 e. The quantitative estimate of drug-likeness (QED) is 0.876. The Morgan fingerprint density at radius 1 is 1.24 bits per heavy atom. The van der Waals surface area contributed by atoms with Gasteiger partial charge in [0.05, 0.1) is 11.9 Å². The summed E-state index contributed by atoms with van der Waals surface area (Å²) in [6.07, 6.45) is 1.94. The van der Waals surface area contributed by atoms with E-state index in [1.807, 2.05) is 17.9 Å². The Hall–Kier alpha value is -1.61. The van der Waals surface area contributed by atoms with Crippen molar-refractivity contribution in [2.24, 2.45) is 0 Å². The summed E-state index contributed by atoms with van der Waals surface area (Å²) in [7, 11) is 1.95. The Labute approximate surface area is 102 Å². The molecule has 0 atom stereocenters. The van der Waals surface area contributed by atoms with E-state index in [0.717, 1.165) is 12.2 Å². The molecule has 2 rings (SSSR count). The summed E-state index contributed by atoms with van der Waals surface area (Å²) in [5.41, 5.74) is 6.15. The van der Waals surface area contributed by atoms with Crippen molar-refractivity contribution < 1.29 is 0 Å². The molecule has 0 fully saturated rings. The number of nitrogens with one attached hydrogen (secondary N) is 1. The molecule has 0 unspecified atom stereocenters. The van der Waals surface area contributed by atoms with Crippen LogP contribution >= 0.6 is 0 Å². The molecule has 90 valence electrons. The highest BCUT2D eigenvalue weighted by Gasteiger charge is 2.09. The predicted molar refractivity (Wildman–Crippen MR) is 70.5 cm³/mol. The van der Waals surface area contributed by atoms with Gasteiger partial charge in [-0.15, -0.1) is 0 Å². The summed E-state index contributed by atoms with van der Waals surface area (Å²) in [5.74, 6) is 0. The second-order valence-corrected chi connectivity index (χ2v) is 4.49. The van der Waals surface area contributed by atoms with E-state index in [9.17, 15) is 0 Å². The minimum Gasteiger partial charge on any atom is -0.316 e. The third-order valence-electron chi connectivity index (χ3n) is 3.06. The predicted octanol–water partition coefficient (Wildman–Crippen LogP) is 2.52. The molecular formula is C14H19N3. The van der Waals surface area contributed by atoms with Gasteiger partial charge in [0.25, 0.3) is 0 Å². The van der Waals surface area contributed by atoms with Gasteiger partial charge >= 0.3 is 0 Å². The van der Waals surface area contributed by atoms with Crippen LogP contribution in [0.5, 0.6) is 0 Å². The first-order valence-corrected chi connectivity index (χ1v) is 5.89. The van der Waals surface area contributed by atoms with Crippen LogP contribution in [0.2, 0.25) is 0 Å². The molecule has 3 heteroatoms. The number of aromatic nitrogens is 2. The van der Waals surface area contributed by atoms with Crippen molar-refractivity contribution in [1.29, 1.82) is 0 Å². The third-order valence-corrected chi connectivity index (χ3v) is 3.06. The number of benzene rings is 1. The van der Waals surface area contributed by atoms with Crippen LogP contribution < -0.4 is 5.32 Å². The van der Waals surface area contributed by atoms with E-state index < -0.39 is 0 Å². The van der Waals surface area contributed by atoms with Crippen molar-refractivity contribution in [2.75, 3.05) is 7.05 Å². The normalized spacial score (nSPS) is 10.8. The Morgan fingerprint density at radius 3 is 2.65 bits per heavy atom. The molecule has 2 aromatic rings. The lowest BCUT2D eigenvalue weighted by atomic mass is 10.1. The molecular weight excluding hydrogens is 210 g/mol. The van der Waals surface area contributed by atoms with Crippen molar-refractivity contribution in [2.45, 2.75) is 27.3 Å². The zero-order valence-corrected chi connectivity index (χ0v) is 10.9. The fraction of sp³-hybridized carbons (Fsp3) is 0.357. The number of aryl methyl sites for hydroxylation is 2. The Balaban J connectivity index is 2.46. The highest BCUT2D eigenvalue weighted by Crippen LogP contribution is 2.18. The molecule has 17 heavy (non-hydrogen) atoms. The molecule has 0 radical (unpaired) electrons. The zero-order valence-electron chi connectivity index (χ0n) is 10.9. The van der Waals surface area contributed by atoms with E-state index >= 15 is 0 Å². The first-order chi connectivity index (χ1) is 8.13. The van der Waals surface area contributed by atoms with E-state index in [0.29, 0.717) is 0 Å². The molecule has 0 spiro atoms. The van der Waals surface area contributed by atoms with Crippen molar-refractivity contribution in [1.82, 2.24) is 15.1 Å². The average Bonchev–Trinajstić information content (AvgIpc) is 2.62. The topological polar surface area (TPSA) is 29.9 Å². The maximum absolute atomic E-state index is 4.47. The van der Waals surface area contributed by atoms with Gasteiger partial charge in [-0.05, 0) is 39.4 Å². The van der Waals surface area contributed by atoms with Gasteiger partial charge < -0.3 is 5.32 Å². The van der Waals surface area contributed by atoms with Gasteiger partial charge in [-0.1, -0.05) is 17.7 Å². The molecule has 0 saturated carbocycles. The van der Waals surface area contributed by atoms with E-state index in [-0.39, 0.29) is 0 Å². The summed E-state index contributed by atoms with van der Waals surface area (Å²) in [4.78, 5) is 0. The van der Waals surface area contributed by atoms with E-state index in [1.54, 1.807) is 0 Å². The third kappa shape index (κ3) is 2.24. The monoisotopic (exact) mass is 229 g/mol. The standard InChI is InChI=1S/C14H19N3/c1-10-5-6-14(11(2)7-10)17-12(3)13(8-15-4)9-16-17/h5-7,9,15H,8H2,1-4H3. The SMILES string of the molecule is CNCc1cnn(-c2ccc(C)cc2C)c1C. The lowest BCUT2D eigenvalue weighted by molar-refractivity contribution is 0.800. The zero-order chi connectivity index (χ0) is 12.4. The number of rotatable bonds is 3. The molecule has 1 aromatic heterocycles. The lowest BCUT2D eigenvalue weighted by Crippen LogP contribution is -2.07. The van der Waals surface area contributed by atoms with Gasteiger partial charge in [0.1, 0.15) is 0 Å². The maximum atomic E-state index is 4.47. The van der Waals surface area contributed by atoms with Crippen molar-refractivity contribution >= 4 is 0 Å². The minimum atomic E-state index is 0.858. The summed E-state index contributed by atoms with van der Waals surface area (Å²) in [6.45, 7) is 7.20. The van der Waals surface area contributed by atoms with Crippen LogP contribution in [0, 0.1) is 20.8 Å². The van der Waals surface area contributed by atoms with Crippen LogP contribution in [-0.4, -0.2) is 16.8 Å². The molecule has 0 aliphatic rings. The first-order valence-electron chi connectivity index (χ1n) is 5.89. The number of nitrogens with zero attached hydrogens (tertiary/aromatic N) is 2. The largest absolute Gasteiger partial charge is 0.316 e. The lowest BCUT2D eigenvalue weighted by Gasteiger charge is -2.09. The van der Waals surface area contributed by atoms with Gasteiger partial charge in [-0.25, -0.2) is 4.68 Å². The molecule has 0 amide bonds. The molecule has 3 nitrogen and oxygen atoms in total. The summed E-state index contributed by atoms with van der Waals surface area (Å²) in [6, 6.07) is 6.45. The fourth-order valence-corrected chi connectivity index (χ4v) is 2.09. The maximum Gasteiger partial charge on any atom is 0.0678 e. The van der Waals surface area contributed by atoms with Crippen molar-refractivity contribution in [3.05, 3.63) is 46.8 Å². The van der Waals surface area contributed by atoms with Crippen LogP contribution in [0.1, 0.15) is 22.4 Å². The summed E-state index contributed by atoms with van der Waals surface area (Å²) in [5, 5.41) is 7.63. The van der Waals surface area contributed by atoms with Gasteiger partial charge in [0.15, 0.2) is 0 Å². The minimum absolute atomic E-state index is 0.858. The number of hydrogen-bond acceptors (Lipinski definition) is 2. The van der Waals surface area contributed by atoms with Crippen molar-refractivity contribution in [3.63, 3.8) is 0 Å². The molecule has 0 saturated heterocycles. The van der Waals surface area contributed by atoms with Gasteiger partial charge in [0, 0.05) is 17.8 Å². The van der Waals surface area contributed by atoms with Crippen molar-refractivity contribution in [3.8, 4) is 5.69 Å². The molecule has 0 bridgehead atoms. The summed E-state index contributed by atoms with van der Waals surface area (Å²) < 4.78 is 2.02. The van der Waals surface area contributed by atoms with Crippen LogP contribution in [0.25, 0.3) is 5.69 Å².